The highest BCUT2D eigenvalue weighted by atomic mass is 35.5. The number of esters is 1. The zero-order valence-corrected chi connectivity index (χ0v) is 11.3. The average Bonchev–Trinajstić information content (AvgIpc) is 2.38. The molecule has 0 bridgehead atoms. The Bertz CT molecular complexity index is 455. The SMILES string of the molecule is CCOC(=O)Cc1nc(CCl)c(OC)cc1C(F)F. The van der Waals surface area contributed by atoms with E-state index < -0.39 is 12.4 Å². The summed E-state index contributed by atoms with van der Waals surface area (Å²) in [5, 5.41) is 0. The number of methoxy groups -OCH3 is 1. The molecular weight excluding hydrogens is 280 g/mol. The smallest absolute Gasteiger partial charge is 0.311 e. The van der Waals surface area contributed by atoms with Gasteiger partial charge in [-0.25, -0.2) is 8.78 Å². The van der Waals surface area contributed by atoms with Crippen LogP contribution in [0.2, 0.25) is 0 Å². The van der Waals surface area contributed by atoms with Gasteiger partial charge < -0.3 is 9.47 Å². The number of hydrogen-bond acceptors (Lipinski definition) is 4. The van der Waals surface area contributed by atoms with E-state index in [0.29, 0.717) is 5.69 Å². The first kappa shape index (κ1) is 15.6. The second-order valence-corrected chi connectivity index (χ2v) is 3.86. The van der Waals surface area contributed by atoms with Gasteiger partial charge in [-0.05, 0) is 13.0 Å². The minimum absolute atomic E-state index is 0.00250. The molecule has 0 amide bonds. The van der Waals surface area contributed by atoms with Gasteiger partial charge in [0.25, 0.3) is 6.43 Å². The van der Waals surface area contributed by atoms with Crippen molar-refractivity contribution in [2.75, 3.05) is 13.7 Å². The molecule has 0 N–H and O–H groups in total. The van der Waals surface area contributed by atoms with Crippen molar-refractivity contribution in [1.82, 2.24) is 4.98 Å². The summed E-state index contributed by atoms with van der Waals surface area (Å²) in [5.74, 6) is -0.428. The summed E-state index contributed by atoms with van der Waals surface area (Å²) in [5.41, 5.74) is -0.0727. The summed E-state index contributed by atoms with van der Waals surface area (Å²) < 4.78 is 35.5. The number of ether oxygens (including phenoxy) is 2. The third kappa shape index (κ3) is 4.02. The molecule has 19 heavy (non-hydrogen) atoms. The summed E-state index contributed by atoms with van der Waals surface area (Å²) >= 11 is 5.67. The van der Waals surface area contributed by atoms with Crippen LogP contribution >= 0.6 is 11.6 Å². The van der Waals surface area contributed by atoms with Gasteiger partial charge in [0.1, 0.15) is 5.75 Å². The average molecular weight is 294 g/mol. The summed E-state index contributed by atoms with van der Waals surface area (Å²) in [7, 11) is 1.34. The Labute approximate surface area is 114 Å². The number of aromatic nitrogens is 1. The van der Waals surface area contributed by atoms with Crippen molar-refractivity contribution in [2.45, 2.75) is 25.7 Å². The van der Waals surface area contributed by atoms with E-state index in [4.69, 9.17) is 21.1 Å². The first-order chi connectivity index (χ1) is 9.03. The van der Waals surface area contributed by atoms with E-state index in [1.807, 2.05) is 0 Å². The molecule has 4 nitrogen and oxygen atoms in total. The first-order valence-corrected chi connectivity index (χ1v) is 6.13. The molecule has 1 rings (SSSR count). The van der Waals surface area contributed by atoms with Crippen LogP contribution < -0.4 is 4.74 Å². The van der Waals surface area contributed by atoms with E-state index in [2.05, 4.69) is 4.98 Å². The van der Waals surface area contributed by atoms with Crippen LogP contribution in [0.5, 0.6) is 5.75 Å². The van der Waals surface area contributed by atoms with E-state index in [9.17, 15) is 13.6 Å². The quantitative estimate of drug-likeness (QED) is 0.598. The van der Waals surface area contributed by atoms with E-state index >= 15 is 0 Å². The second-order valence-electron chi connectivity index (χ2n) is 3.59. The lowest BCUT2D eigenvalue weighted by molar-refractivity contribution is -0.142. The Balaban J connectivity index is 3.16. The Morgan fingerprint density at radius 3 is 2.63 bits per heavy atom. The highest BCUT2D eigenvalue weighted by molar-refractivity contribution is 6.17. The molecule has 0 saturated heterocycles. The summed E-state index contributed by atoms with van der Waals surface area (Å²) in [6, 6.07) is 1.16. The Morgan fingerprint density at radius 2 is 2.16 bits per heavy atom. The lowest BCUT2D eigenvalue weighted by Crippen LogP contribution is -2.12. The third-order valence-corrected chi connectivity index (χ3v) is 2.63. The lowest BCUT2D eigenvalue weighted by atomic mass is 10.1. The number of halogens is 3. The molecule has 0 aliphatic carbocycles. The highest BCUT2D eigenvalue weighted by Gasteiger charge is 2.21. The molecule has 0 aliphatic rings. The van der Waals surface area contributed by atoms with Crippen molar-refractivity contribution in [2.24, 2.45) is 0 Å². The molecule has 1 aromatic rings. The van der Waals surface area contributed by atoms with Gasteiger partial charge in [0, 0.05) is 5.56 Å². The number of alkyl halides is 3. The van der Waals surface area contributed by atoms with E-state index in [-0.39, 0.29) is 35.9 Å². The van der Waals surface area contributed by atoms with Gasteiger partial charge in [0.15, 0.2) is 0 Å². The van der Waals surface area contributed by atoms with E-state index in [0.717, 1.165) is 6.07 Å². The fraction of sp³-hybridized carbons (Fsp3) is 0.500. The molecule has 1 heterocycles. The number of hydrogen-bond donors (Lipinski definition) is 0. The van der Waals surface area contributed by atoms with E-state index in [1.54, 1.807) is 6.92 Å². The topological polar surface area (TPSA) is 48.4 Å². The summed E-state index contributed by atoms with van der Waals surface area (Å²) in [4.78, 5) is 15.3. The molecule has 0 aliphatic heterocycles. The Kier molecular flexibility index (Phi) is 5.95. The minimum Gasteiger partial charge on any atom is -0.495 e. The maximum absolute atomic E-state index is 12.9. The van der Waals surface area contributed by atoms with Gasteiger partial charge in [0.05, 0.1) is 37.4 Å². The largest absolute Gasteiger partial charge is 0.495 e. The van der Waals surface area contributed by atoms with Crippen molar-refractivity contribution in [1.29, 1.82) is 0 Å². The van der Waals surface area contributed by atoms with Crippen molar-refractivity contribution < 1.29 is 23.0 Å². The standard InChI is InChI=1S/C12H14ClF2NO3/c1-3-19-11(17)5-8-7(12(14)15)4-10(18-2)9(6-13)16-8/h4,12H,3,5-6H2,1-2H3. The highest BCUT2D eigenvalue weighted by Crippen LogP contribution is 2.29. The molecule has 0 unspecified atom stereocenters. The number of carbonyl (C=O) groups is 1. The second kappa shape index (κ2) is 7.23. The molecule has 0 spiro atoms. The normalized spacial score (nSPS) is 10.6. The van der Waals surface area contributed by atoms with Crippen LogP contribution in [0.15, 0.2) is 6.07 Å². The number of rotatable bonds is 6. The van der Waals surface area contributed by atoms with Crippen molar-refractivity contribution in [3.05, 3.63) is 23.0 Å². The minimum atomic E-state index is -2.75. The lowest BCUT2D eigenvalue weighted by Gasteiger charge is -2.12. The third-order valence-electron chi connectivity index (χ3n) is 2.37. The zero-order valence-electron chi connectivity index (χ0n) is 10.6. The fourth-order valence-electron chi connectivity index (χ4n) is 1.54. The molecular formula is C12H14ClF2NO3. The fourth-order valence-corrected chi connectivity index (χ4v) is 1.73. The zero-order chi connectivity index (χ0) is 14.4. The van der Waals surface area contributed by atoms with Gasteiger partial charge in [0.2, 0.25) is 0 Å². The first-order valence-electron chi connectivity index (χ1n) is 5.59. The maximum atomic E-state index is 12.9. The Morgan fingerprint density at radius 1 is 1.47 bits per heavy atom. The molecule has 7 heteroatoms. The van der Waals surface area contributed by atoms with Crippen LogP contribution in [-0.2, 0) is 21.8 Å². The van der Waals surface area contributed by atoms with Crippen molar-refractivity contribution in [3.8, 4) is 5.75 Å². The number of nitrogens with zero attached hydrogens (tertiary/aromatic N) is 1. The van der Waals surface area contributed by atoms with Gasteiger partial charge >= 0.3 is 5.97 Å². The molecule has 0 radical (unpaired) electrons. The number of pyridine rings is 1. The summed E-state index contributed by atoms with van der Waals surface area (Å²) in [6.07, 6.45) is -3.07. The van der Waals surface area contributed by atoms with Crippen LogP contribution in [0.25, 0.3) is 0 Å². The Hall–Kier alpha value is -1.43. The van der Waals surface area contributed by atoms with Crippen LogP contribution in [0, 0.1) is 0 Å². The van der Waals surface area contributed by atoms with Crippen LogP contribution in [0.1, 0.15) is 30.3 Å². The van der Waals surface area contributed by atoms with Crippen molar-refractivity contribution >= 4 is 17.6 Å². The van der Waals surface area contributed by atoms with Gasteiger partial charge in [-0.15, -0.1) is 11.6 Å². The van der Waals surface area contributed by atoms with E-state index in [1.165, 1.54) is 7.11 Å². The van der Waals surface area contributed by atoms with Crippen LogP contribution in [-0.4, -0.2) is 24.7 Å². The molecule has 0 aromatic carbocycles. The molecule has 0 saturated carbocycles. The van der Waals surface area contributed by atoms with Crippen LogP contribution in [0.3, 0.4) is 0 Å². The molecule has 1 aromatic heterocycles. The monoisotopic (exact) mass is 293 g/mol. The van der Waals surface area contributed by atoms with Crippen LogP contribution in [0.4, 0.5) is 8.78 Å². The summed E-state index contributed by atoms with van der Waals surface area (Å²) in [6.45, 7) is 1.82. The number of carbonyl (C=O) groups excluding carboxylic acids is 1. The molecule has 0 atom stereocenters. The predicted octanol–water partition coefficient (Wildman–Crippen LogP) is 2.87. The van der Waals surface area contributed by atoms with Gasteiger partial charge in [-0.1, -0.05) is 0 Å². The molecule has 0 fully saturated rings. The van der Waals surface area contributed by atoms with Gasteiger partial charge in [-0.2, -0.15) is 0 Å². The molecule has 106 valence electrons. The van der Waals surface area contributed by atoms with Gasteiger partial charge in [-0.3, -0.25) is 9.78 Å². The maximum Gasteiger partial charge on any atom is 0.311 e. The van der Waals surface area contributed by atoms with Crippen molar-refractivity contribution in [3.63, 3.8) is 0 Å². The predicted molar refractivity (Wildman–Crippen MR) is 65.6 cm³/mol.